The lowest BCUT2D eigenvalue weighted by atomic mass is 10.2. The van der Waals surface area contributed by atoms with Crippen LogP contribution in [0.3, 0.4) is 0 Å². The predicted octanol–water partition coefficient (Wildman–Crippen LogP) is 4.06. The monoisotopic (exact) mass is 414 g/mol. The first kappa shape index (κ1) is 17.5. The number of hydrogen-bond acceptors (Lipinski definition) is 6. The number of halogens is 1. The van der Waals surface area contributed by atoms with Gasteiger partial charge in [0.1, 0.15) is 0 Å². The molecule has 0 unspecified atom stereocenters. The molecule has 26 heavy (non-hydrogen) atoms. The normalized spacial score (nSPS) is 10.8. The maximum absolute atomic E-state index is 11.9. The van der Waals surface area contributed by atoms with Gasteiger partial charge in [-0.05, 0) is 42.0 Å². The van der Waals surface area contributed by atoms with Crippen molar-refractivity contribution in [1.29, 1.82) is 0 Å². The van der Waals surface area contributed by atoms with Crippen molar-refractivity contribution in [3.8, 4) is 11.5 Å². The number of aromatic nitrogens is 2. The van der Waals surface area contributed by atoms with Gasteiger partial charge < -0.3 is 4.42 Å². The maximum atomic E-state index is 11.9. The lowest BCUT2D eigenvalue weighted by Gasteiger charge is -1.96. The minimum absolute atomic E-state index is 0.0162. The smallest absolute Gasteiger partial charge is 0.322 e. The summed E-state index contributed by atoms with van der Waals surface area (Å²) >= 11 is 3.36. The zero-order valence-corrected chi connectivity index (χ0v) is 14.7. The molecule has 1 aromatic heterocycles. The fraction of sp³-hybridized carbons (Fsp3) is 0. The number of rotatable bonds is 5. The van der Waals surface area contributed by atoms with E-state index in [1.165, 1.54) is 24.3 Å². The predicted molar refractivity (Wildman–Crippen MR) is 98.2 cm³/mol. The van der Waals surface area contributed by atoms with Gasteiger partial charge in [-0.25, -0.2) is 0 Å². The molecule has 130 valence electrons. The minimum atomic E-state index is -0.487. The van der Waals surface area contributed by atoms with Gasteiger partial charge in [-0.3, -0.25) is 20.2 Å². The highest BCUT2D eigenvalue weighted by Gasteiger charge is 2.10. The van der Waals surface area contributed by atoms with E-state index in [1.807, 2.05) is 18.2 Å². The Morgan fingerprint density at radius 1 is 1.19 bits per heavy atom. The lowest BCUT2D eigenvalue weighted by molar-refractivity contribution is -0.384. The number of carbonyl (C=O) groups is 1. The van der Waals surface area contributed by atoms with Gasteiger partial charge in [0.15, 0.2) is 0 Å². The van der Waals surface area contributed by atoms with Crippen LogP contribution in [0, 0.1) is 10.1 Å². The SMILES string of the molecule is O=C(C=Cc1ccc([N+](=O)[O-])cc1)Nc1nnc(-c2cccc(Br)c2)o1. The molecule has 8 nitrogen and oxygen atoms in total. The zero-order valence-electron chi connectivity index (χ0n) is 13.1. The van der Waals surface area contributed by atoms with Gasteiger partial charge >= 0.3 is 6.01 Å². The van der Waals surface area contributed by atoms with Crippen molar-refractivity contribution in [2.24, 2.45) is 0 Å². The molecular formula is C17H11BrN4O4. The number of nitrogens with one attached hydrogen (secondary N) is 1. The summed E-state index contributed by atoms with van der Waals surface area (Å²) in [5.74, 6) is -0.186. The summed E-state index contributed by atoms with van der Waals surface area (Å²) in [6.07, 6.45) is 2.79. The molecule has 0 aliphatic heterocycles. The number of nitrogens with zero attached hydrogens (tertiary/aromatic N) is 3. The summed E-state index contributed by atoms with van der Waals surface area (Å²) in [7, 11) is 0. The summed E-state index contributed by atoms with van der Waals surface area (Å²) in [6.45, 7) is 0. The maximum Gasteiger partial charge on any atom is 0.322 e. The molecule has 0 aliphatic carbocycles. The molecule has 0 radical (unpaired) electrons. The van der Waals surface area contributed by atoms with Crippen LogP contribution in [0.25, 0.3) is 17.5 Å². The van der Waals surface area contributed by atoms with Gasteiger partial charge in [0.25, 0.3) is 11.6 Å². The van der Waals surface area contributed by atoms with Crippen molar-refractivity contribution in [3.63, 3.8) is 0 Å². The lowest BCUT2D eigenvalue weighted by Crippen LogP contribution is -2.07. The largest absolute Gasteiger partial charge is 0.403 e. The molecule has 1 heterocycles. The van der Waals surface area contributed by atoms with E-state index >= 15 is 0 Å². The van der Waals surface area contributed by atoms with Crippen molar-refractivity contribution < 1.29 is 14.1 Å². The van der Waals surface area contributed by atoms with Crippen LogP contribution < -0.4 is 5.32 Å². The van der Waals surface area contributed by atoms with Crippen molar-refractivity contribution in [3.05, 3.63) is 74.8 Å². The minimum Gasteiger partial charge on any atom is -0.403 e. The van der Waals surface area contributed by atoms with Crippen LogP contribution in [0.4, 0.5) is 11.7 Å². The Morgan fingerprint density at radius 2 is 1.96 bits per heavy atom. The van der Waals surface area contributed by atoms with E-state index in [0.29, 0.717) is 11.1 Å². The van der Waals surface area contributed by atoms with Crippen LogP contribution in [0.5, 0.6) is 0 Å². The molecule has 0 spiro atoms. The van der Waals surface area contributed by atoms with E-state index in [1.54, 1.807) is 18.2 Å². The molecular weight excluding hydrogens is 404 g/mol. The third kappa shape index (κ3) is 4.39. The first-order valence-corrected chi connectivity index (χ1v) is 8.13. The van der Waals surface area contributed by atoms with Gasteiger partial charge in [-0.2, -0.15) is 0 Å². The van der Waals surface area contributed by atoms with Crippen LogP contribution in [-0.2, 0) is 4.79 Å². The van der Waals surface area contributed by atoms with Gasteiger partial charge in [0, 0.05) is 28.2 Å². The van der Waals surface area contributed by atoms with Crippen LogP contribution in [-0.4, -0.2) is 21.0 Å². The molecule has 1 amide bonds. The number of benzene rings is 2. The third-order valence-corrected chi connectivity index (χ3v) is 3.75. The summed E-state index contributed by atoms with van der Waals surface area (Å²) in [4.78, 5) is 22.0. The van der Waals surface area contributed by atoms with Gasteiger partial charge in [0.05, 0.1) is 4.92 Å². The molecule has 0 bridgehead atoms. The van der Waals surface area contributed by atoms with E-state index < -0.39 is 10.8 Å². The summed E-state index contributed by atoms with van der Waals surface area (Å²) < 4.78 is 6.27. The van der Waals surface area contributed by atoms with Crippen molar-refractivity contribution >= 4 is 39.6 Å². The molecule has 3 rings (SSSR count). The van der Waals surface area contributed by atoms with Gasteiger partial charge in [0.2, 0.25) is 5.89 Å². The molecule has 1 N–H and O–H groups in total. The number of carbonyl (C=O) groups excluding carboxylic acids is 1. The standard InChI is InChI=1S/C17H11BrN4O4/c18-13-3-1-2-12(10-13)16-20-21-17(26-16)19-15(23)9-6-11-4-7-14(8-5-11)22(24)25/h1-10H,(H,19,21,23). The van der Waals surface area contributed by atoms with E-state index in [-0.39, 0.29) is 17.6 Å². The Hall–Kier alpha value is -3.33. The highest BCUT2D eigenvalue weighted by atomic mass is 79.9. The second-order valence-corrected chi connectivity index (χ2v) is 6.01. The first-order valence-electron chi connectivity index (χ1n) is 7.34. The van der Waals surface area contributed by atoms with Gasteiger partial charge in [-0.1, -0.05) is 27.1 Å². The number of nitro groups is 1. The molecule has 0 fully saturated rings. The van der Waals surface area contributed by atoms with Crippen LogP contribution in [0.15, 0.2) is 63.5 Å². The fourth-order valence-corrected chi connectivity index (χ4v) is 2.44. The van der Waals surface area contributed by atoms with Crippen LogP contribution in [0.2, 0.25) is 0 Å². The van der Waals surface area contributed by atoms with Crippen LogP contribution in [0.1, 0.15) is 5.56 Å². The number of non-ortho nitro benzene ring substituents is 1. The van der Waals surface area contributed by atoms with Gasteiger partial charge in [-0.15, -0.1) is 5.10 Å². The van der Waals surface area contributed by atoms with E-state index in [9.17, 15) is 14.9 Å². The molecule has 9 heteroatoms. The average molecular weight is 415 g/mol. The third-order valence-electron chi connectivity index (χ3n) is 3.26. The molecule has 3 aromatic rings. The zero-order chi connectivity index (χ0) is 18.5. The molecule has 0 aliphatic rings. The Bertz CT molecular complexity index is 982. The highest BCUT2D eigenvalue weighted by Crippen LogP contribution is 2.23. The summed E-state index contributed by atoms with van der Waals surface area (Å²) in [5, 5.41) is 20.7. The topological polar surface area (TPSA) is 111 Å². The molecule has 0 saturated heterocycles. The first-order chi connectivity index (χ1) is 12.5. The molecule has 0 atom stereocenters. The summed E-state index contributed by atoms with van der Waals surface area (Å²) in [5.41, 5.74) is 1.34. The Labute approximate surface area is 155 Å². The number of hydrogen-bond donors (Lipinski definition) is 1. The molecule has 2 aromatic carbocycles. The molecule has 0 saturated carbocycles. The Kier molecular flexibility index (Phi) is 5.18. The van der Waals surface area contributed by atoms with Crippen molar-refractivity contribution in [2.75, 3.05) is 5.32 Å². The average Bonchev–Trinajstić information content (AvgIpc) is 3.09. The Morgan fingerprint density at radius 3 is 2.65 bits per heavy atom. The second-order valence-electron chi connectivity index (χ2n) is 5.09. The quantitative estimate of drug-likeness (QED) is 0.382. The van der Waals surface area contributed by atoms with Crippen LogP contribution >= 0.6 is 15.9 Å². The Balaban J connectivity index is 1.64. The highest BCUT2D eigenvalue weighted by molar-refractivity contribution is 9.10. The van der Waals surface area contributed by atoms with E-state index in [2.05, 4.69) is 31.4 Å². The second kappa shape index (κ2) is 7.70. The fourth-order valence-electron chi connectivity index (χ4n) is 2.04. The van der Waals surface area contributed by atoms with E-state index in [0.717, 1.165) is 4.47 Å². The summed E-state index contributed by atoms with van der Waals surface area (Å²) in [6, 6.07) is 13.1. The van der Waals surface area contributed by atoms with Crippen molar-refractivity contribution in [1.82, 2.24) is 10.2 Å². The van der Waals surface area contributed by atoms with E-state index in [4.69, 9.17) is 4.42 Å². The number of anilines is 1. The van der Waals surface area contributed by atoms with Crippen molar-refractivity contribution in [2.45, 2.75) is 0 Å². The number of amides is 1. The number of nitro benzene ring substituents is 1.